The predicted molar refractivity (Wildman–Crippen MR) is 111 cm³/mol. The third-order valence-electron chi connectivity index (χ3n) is 5.20. The summed E-state index contributed by atoms with van der Waals surface area (Å²) in [5.74, 6) is 0. The molecule has 0 aromatic carbocycles. The Bertz CT molecular complexity index is 877. The SMILES string of the molecule is CC(C)(C)OC(=O)n1c(B(O)O)cc2sc(N(C=O)C3(C)CCCCC3)cc21. The van der Waals surface area contributed by atoms with Crippen LogP contribution in [0.5, 0.6) is 0 Å². The van der Waals surface area contributed by atoms with Crippen molar-refractivity contribution < 1.29 is 24.4 Å². The smallest absolute Gasteiger partial charge is 0.443 e. The molecule has 1 amide bonds. The van der Waals surface area contributed by atoms with Gasteiger partial charge in [0, 0.05) is 5.54 Å². The molecule has 0 saturated heterocycles. The summed E-state index contributed by atoms with van der Waals surface area (Å²) >= 11 is 1.35. The van der Waals surface area contributed by atoms with Gasteiger partial charge in [-0.2, -0.15) is 0 Å². The number of anilines is 1. The Morgan fingerprint density at radius 1 is 1.29 bits per heavy atom. The molecule has 152 valence electrons. The lowest BCUT2D eigenvalue weighted by atomic mass is 9.82. The maximum atomic E-state index is 12.7. The zero-order valence-corrected chi connectivity index (χ0v) is 17.6. The molecule has 1 aliphatic rings. The Kier molecular flexibility index (Phi) is 5.62. The summed E-state index contributed by atoms with van der Waals surface area (Å²) in [7, 11) is -1.81. The normalized spacial score (nSPS) is 16.8. The highest BCUT2D eigenvalue weighted by Crippen LogP contribution is 2.40. The monoisotopic (exact) mass is 406 g/mol. The van der Waals surface area contributed by atoms with Crippen molar-refractivity contribution in [1.29, 1.82) is 0 Å². The van der Waals surface area contributed by atoms with Gasteiger partial charge in [0.1, 0.15) is 10.6 Å². The van der Waals surface area contributed by atoms with Crippen LogP contribution >= 0.6 is 11.3 Å². The van der Waals surface area contributed by atoms with E-state index in [2.05, 4.69) is 6.92 Å². The van der Waals surface area contributed by atoms with Crippen molar-refractivity contribution in [2.24, 2.45) is 0 Å². The second-order valence-electron chi connectivity index (χ2n) is 8.63. The van der Waals surface area contributed by atoms with Crippen LogP contribution in [0.15, 0.2) is 12.1 Å². The number of ether oxygens (including phenoxy) is 1. The second-order valence-corrected chi connectivity index (χ2v) is 9.69. The summed E-state index contributed by atoms with van der Waals surface area (Å²) in [6.45, 7) is 7.34. The Hall–Kier alpha value is -1.84. The number of nitrogens with zero attached hydrogens (tertiary/aromatic N) is 2. The first-order valence-electron chi connectivity index (χ1n) is 9.55. The molecule has 1 fully saturated rings. The van der Waals surface area contributed by atoms with Gasteiger partial charge in [0.25, 0.3) is 0 Å². The molecule has 2 heterocycles. The fourth-order valence-corrected chi connectivity index (χ4v) is 5.01. The molecule has 2 aromatic rings. The molecule has 2 aromatic heterocycles. The van der Waals surface area contributed by atoms with Crippen LogP contribution in [-0.2, 0) is 9.53 Å². The van der Waals surface area contributed by atoms with Gasteiger partial charge in [-0.25, -0.2) is 4.79 Å². The highest BCUT2D eigenvalue weighted by molar-refractivity contribution is 7.23. The summed E-state index contributed by atoms with van der Waals surface area (Å²) in [5, 5.41) is 20.1. The topological polar surface area (TPSA) is 92.0 Å². The van der Waals surface area contributed by atoms with E-state index < -0.39 is 18.8 Å². The van der Waals surface area contributed by atoms with Crippen molar-refractivity contribution in [1.82, 2.24) is 4.57 Å². The molecule has 0 atom stereocenters. The fourth-order valence-electron chi connectivity index (χ4n) is 3.82. The number of fused-ring (bicyclic) bond motifs is 1. The van der Waals surface area contributed by atoms with E-state index >= 15 is 0 Å². The first-order valence-corrected chi connectivity index (χ1v) is 10.4. The lowest BCUT2D eigenvalue weighted by Crippen LogP contribution is -2.47. The average Bonchev–Trinajstić information content (AvgIpc) is 3.11. The Labute approximate surface area is 169 Å². The molecule has 3 rings (SSSR count). The summed E-state index contributed by atoms with van der Waals surface area (Å²) in [4.78, 5) is 26.4. The Morgan fingerprint density at radius 3 is 2.46 bits per heavy atom. The van der Waals surface area contributed by atoms with E-state index in [9.17, 15) is 19.6 Å². The molecule has 0 bridgehead atoms. The molecular weight excluding hydrogens is 379 g/mol. The van der Waals surface area contributed by atoms with Gasteiger partial charge in [-0.1, -0.05) is 19.3 Å². The van der Waals surface area contributed by atoms with Gasteiger partial charge in [-0.05, 0) is 52.7 Å². The quantitative estimate of drug-likeness (QED) is 0.602. The van der Waals surface area contributed by atoms with Crippen molar-refractivity contribution in [2.45, 2.75) is 70.9 Å². The van der Waals surface area contributed by atoms with Crippen LogP contribution in [0.3, 0.4) is 0 Å². The first-order chi connectivity index (χ1) is 13.1. The van der Waals surface area contributed by atoms with E-state index in [0.29, 0.717) is 10.2 Å². The zero-order valence-electron chi connectivity index (χ0n) is 16.8. The van der Waals surface area contributed by atoms with Gasteiger partial charge in [0.05, 0.1) is 15.8 Å². The van der Waals surface area contributed by atoms with E-state index in [4.69, 9.17) is 4.74 Å². The van der Waals surface area contributed by atoms with E-state index in [-0.39, 0.29) is 11.1 Å². The van der Waals surface area contributed by atoms with Gasteiger partial charge in [0.15, 0.2) is 0 Å². The van der Waals surface area contributed by atoms with Gasteiger partial charge in [-0.15, -0.1) is 11.3 Å². The van der Waals surface area contributed by atoms with E-state index in [1.54, 1.807) is 37.8 Å². The van der Waals surface area contributed by atoms with Gasteiger partial charge >= 0.3 is 13.2 Å². The maximum Gasteiger partial charge on any atom is 0.506 e. The number of aromatic nitrogens is 1. The molecule has 7 nitrogen and oxygen atoms in total. The number of thiophene rings is 1. The van der Waals surface area contributed by atoms with Crippen LogP contribution in [0, 0.1) is 0 Å². The molecule has 1 saturated carbocycles. The molecule has 1 aliphatic carbocycles. The number of hydrogen-bond donors (Lipinski definition) is 2. The number of hydrogen-bond acceptors (Lipinski definition) is 6. The fraction of sp³-hybridized carbons (Fsp3) is 0.579. The number of amides is 1. The molecule has 0 unspecified atom stereocenters. The maximum absolute atomic E-state index is 12.7. The van der Waals surface area contributed by atoms with Gasteiger partial charge < -0.3 is 19.7 Å². The number of carbonyl (C=O) groups is 2. The summed E-state index contributed by atoms with van der Waals surface area (Å²) in [5.41, 5.74) is -0.431. The number of carbonyl (C=O) groups excluding carboxylic acids is 2. The van der Waals surface area contributed by atoms with Crippen molar-refractivity contribution in [3.8, 4) is 0 Å². The van der Waals surface area contributed by atoms with Crippen LogP contribution < -0.4 is 10.5 Å². The minimum Gasteiger partial charge on any atom is -0.443 e. The number of rotatable bonds is 4. The van der Waals surface area contributed by atoms with Crippen LogP contribution in [-0.4, -0.2) is 45.4 Å². The lowest BCUT2D eigenvalue weighted by molar-refractivity contribution is -0.108. The van der Waals surface area contributed by atoms with Crippen molar-refractivity contribution in [3.05, 3.63) is 12.1 Å². The molecule has 9 heteroatoms. The summed E-state index contributed by atoms with van der Waals surface area (Å²) in [6.07, 6.45) is 5.37. The van der Waals surface area contributed by atoms with Crippen LogP contribution in [0.1, 0.15) is 59.8 Å². The largest absolute Gasteiger partial charge is 0.506 e. The van der Waals surface area contributed by atoms with E-state index in [1.165, 1.54) is 22.3 Å². The second kappa shape index (κ2) is 7.53. The van der Waals surface area contributed by atoms with Crippen molar-refractivity contribution in [2.75, 3.05) is 4.90 Å². The molecule has 0 spiro atoms. The van der Waals surface area contributed by atoms with Gasteiger partial charge in [0.2, 0.25) is 6.41 Å². The highest BCUT2D eigenvalue weighted by atomic mass is 32.1. The summed E-state index contributed by atoms with van der Waals surface area (Å²) < 4.78 is 7.30. The standard InChI is InChI=1S/C19H27BN2O5S/c1-18(2,3)27-17(24)22-13-10-16(28-14(13)11-15(22)20(25)26)21(12-23)19(4)8-6-5-7-9-19/h10-12,25-26H,5-9H2,1-4H3. The summed E-state index contributed by atoms with van der Waals surface area (Å²) in [6, 6.07) is 3.31. The third-order valence-corrected chi connectivity index (χ3v) is 6.27. The predicted octanol–water partition coefficient (Wildman–Crippen LogP) is 2.85. The highest BCUT2D eigenvalue weighted by Gasteiger charge is 2.35. The lowest BCUT2D eigenvalue weighted by Gasteiger charge is -2.41. The zero-order chi connectivity index (χ0) is 20.7. The average molecular weight is 406 g/mol. The molecule has 2 N–H and O–H groups in total. The van der Waals surface area contributed by atoms with Crippen molar-refractivity contribution in [3.63, 3.8) is 0 Å². The van der Waals surface area contributed by atoms with Crippen LogP contribution in [0.2, 0.25) is 0 Å². The minimum atomic E-state index is -1.81. The first kappa shape index (κ1) is 20.9. The van der Waals surface area contributed by atoms with E-state index in [1.807, 2.05) is 0 Å². The van der Waals surface area contributed by atoms with Crippen molar-refractivity contribution >= 4 is 51.8 Å². The molecule has 0 aliphatic heterocycles. The van der Waals surface area contributed by atoms with E-state index in [0.717, 1.165) is 37.1 Å². The Morgan fingerprint density at radius 2 is 1.93 bits per heavy atom. The van der Waals surface area contributed by atoms with Crippen LogP contribution in [0.4, 0.5) is 9.80 Å². The molecule has 0 radical (unpaired) electrons. The Balaban J connectivity index is 2.06. The van der Waals surface area contributed by atoms with Gasteiger partial charge in [-0.3, -0.25) is 9.36 Å². The molecule has 28 heavy (non-hydrogen) atoms. The minimum absolute atomic E-state index is 0.0450. The third kappa shape index (κ3) is 3.97. The molecular formula is C19H27BN2O5S. The van der Waals surface area contributed by atoms with Crippen LogP contribution in [0.25, 0.3) is 10.2 Å².